The van der Waals surface area contributed by atoms with Crippen LogP contribution in [0, 0.1) is 0 Å². The summed E-state index contributed by atoms with van der Waals surface area (Å²) in [5.74, 6) is -1.68. The van der Waals surface area contributed by atoms with E-state index in [-0.39, 0.29) is 17.4 Å². The van der Waals surface area contributed by atoms with Crippen molar-refractivity contribution in [1.82, 2.24) is 19.7 Å². The maximum absolute atomic E-state index is 12.3. The molecule has 29 heavy (non-hydrogen) atoms. The summed E-state index contributed by atoms with van der Waals surface area (Å²) < 4.78 is 29.9. The summed E-state index contributed by atoms with van der Waals surface area (Å²) in [4.78, 5) is 31.5. The quantitative estimate of drug-likeness (QED) is 0.622. The van der Waals surface area contributed by atoms with Crippen LogP contribution in [0.15, 0.2) is 48.8 Å². The van der Waals surface area contributed by atoms with Crippen molar-refractivity contribution in [2.24, 2.45) is 0 Å². The Bertz CT molecular complexity index is 1020. The van der Waals surface area contributed by atoms with Crippen LogP contribution in [0.1, 0.15) is 23.5 Å². The van der Waals surface area contributed by atoms with Gasteiger partial charge in [-0.05, 0) is 43.3 Å². The highest BCUT2D eigenvalue weighted by molar-refractivity contribution is 6.01. The number of anilines is 1. The Labute approximate surface area is 163 Å². The predicted molar refractivity (Wildman–Crippen MR) is 96.6 cm³/mol. The van der Waals surface area contributed by atoms with Crippen LogP contribution in [0.25, 0.3) is 11.3 Å². The van der Waals surface area contributed by atoms with Crippen LogP contribution < -0.4 is 10.1 Å². The van der Waals surface area contributed by atoms with Crippen LogP contribution in [-0.4, -0.2) is 43.3 Å². The zero-order valence-electron chi connectivity index (χ0n) is 15.0. The Balaban J connectivity index is 1.73. The SMILES string of the molecule is CC(C(=O)O)n1ccc(C(=O)Nc2nccc(-c3ccc(OC(F)F)cc3)n2)n1. The molecule has 2 heterocycles. The van der Waals surface area contributed by atoms with Crippen molar-refractivity contribution in [1.29, 1.82) is 0 Å². The first kappa shape index (κ1) is 19.9. The number of ether oxygens (including phenoxy) is 1. The first-order chi connectivity index (χ1) is 13.8. The van der Waals surface area contributed by atoms with E-state index in [0.717, 1.165) is 4.68 Å². The Morgan fingerprint density at radius 2 is 1.90 bits per heavy atom. The molecule has 0 aliphatic carbocycles. The summed E-state index contributed by atoms with van der Waals surface area (Å²) in [5.41, 5.74) is 1.05. The fraction of sp³-hybridized carbons (Fsp3) is 0.167. The first-order valence-corrected chi connectivity index (χ1v) is 8.31. The molecule has 150 valence electrons. The Morgan fingerprint density at radius 3 is 2.55 bits per heavy atom. The number of carboxylic acids is 1. The van der Waals surface area contributed by atoms with Gasteiger partial charge in [0.1, 0.15) is 11.8 Å². The van der Waals surface area contributed by atoms with Crippen molar-refractivity contribution in [3.63, 3.8) is 0 Å². The molecule has 2 N–H and O–H groups in total. The number of hydrogen-bond acceptors (Lipinski definition) is 6. The summed E-state index contributed by atoms with van der Waals surface area (Å²) in [6.07, 6.45) is 2.81. The number of alkyl halides is 2. The normalized spacial score (nSPS) is 11.9. The topological polar surface area (TPSA) is 119 Å². The van der Waals surface area contributed by atoms with Gasteiger partial charge in [-0.3, -0.25) is 14.8 Å². The summed E-state index contributed by atoms with van der Waals surface area (Å²) in [6.45, 7) is -1.48. The van der Waals surface area contributed by atoms with Gasteiger partial charge >= 0.3 is 12.6 Å². The van der Waals surface area contributed by atoms with Crippen molar-refractivity contribution in [3.8, 4) is 17.0 Å². The molecule has 2 aromatic heterocycles. The van der Waals surface area contributed by atoms with Crippen molar-refractivity contribution in [3.05, 3.63) is 54.5 Å². The van der Waals surface area contributed by atoms with Gasteiger partial charge in [0.05, 0.1) is 5.69 Å². The molecule has 0 bridgehead atoms. The molecule has 9 nitrogen and oxygen atoms in total. The van der Waals surface area contributed by atoms with Crippen molar-refractivity contribution < 1.29 is 28.2 Å². The Hall–Kier alpha value is -3.89. The number of carboxylic acid groups (broad SMARTS) is 1. The molecule has 1 unspecified atom stereocenters. The highest BCUT2D eigenvalue weighted by Crippen LogP contribution is 2.22. The van der Waals surface area contributed by atoms with Crippen molar-refractivity contribution in [2.75, 3.05) is 5.32 Å². The van der Waals surface area contributed by atoms with E-state index in [1.165, 1.54) is 37.5 Å². The number of hydrogen-bond donors (Lipinski definition) is 2. The number of halogens is 2. The van der Waals surface area contributed by atoms with Crippen LogP contribution in [0.5, 0.6) is 5.75 Å². The van der Waals surface area contributed by atoms with E-state index in [1.807, 2.05) is 0 Å². The minimum Gasteiger partial charge on any atom is -0.480 e. The Morgan fingerprint density at radius 1 is 1.17 bits per heavy atom. The summed E-state index contributed by atoms with van der Waals surface area (Å²) >= 11 is 0. The molecule has 11 heteroatoms. The maximum atomic E-state index is 12.3. The van der Waals surface area contributed by atoms with E-state index < -0.39 is 24.5 Å². The molecule has 0 saturated heterocycles. The van der Waals surface area contributed by atoms with Gasteiger partial charge in [0.15, 0.2) is 5.69 Å². The number of nitrogens with zero attached hydrogens (tertiary/aromatic N) is 4. The van der Waals surface area contributed by atoms with Gasteiger partial charge in [0.2, 0.25) is 5.95 Å². The molecule has 3 rings (SSSR count). The molecule has 0 aliphatic heterocycles. The fourth-order valence-electron chi connectivity index (χ4n) is 2.34. The number of benzene rings is 1. The monoisotopic (exact) mass is 403 g/mol. The van der Waals surface area contributed by atoms with E-state index in [9.17, 15) is 18.4 Å². The predicted octanol–water partition coefficient (Wildman–Crippen LogP) is 2.84. The van der Waals surface area contributed by atoms with Gasteiger partial charge in [0, 0.05) is 18.0 Å². The summed E-state index contributed by atoms with van der Waals surface area (Å²) in [7, 11) is 0. The zero-order valence-corrected chi connectivity index (χ0v) is 15.0. The molecular weight excluding hydrogens is 388 g/mol. The average Bonchev–Trinajstić information content (AvgIpc) is 3.18. The van der Waals surface area contributed by atoms with Crippen molar-refractivity contribution in [2.45, 2.75) is 19.6 Å². The van der Waals surface area contributed by atoms with Crippen LogP contribution in [0.3, 0.4) is 0 Å². The van der Waals surface area contributed by atoms with Gasteiger partial charge in [-0.25, -0.2) is 14.8 Å². The third kappa shape index (κ3) is 4.89. The first-order valence-electron chi connectivity index (χ1n) is 8.31. The van der Waals surface area contributed by atoms with Crippen LogP contribution in [-0.2, 0) is 4.79 Å². The second-order valence-corrected chi connectivity index (χ2v) is 5.82. The molecule has 3 aromatic rings. The lowest BCUT2D eigenvalue weighted by atomic mass is 10.1. The van der Waals surface area contributed by atoms with Gasteiger partial charge < -0.3 is 9.84 Å². The van der Waals surface area contributed by atoms with Gasteiger partial charge in [-0.1, -0.05) is 0 Å². The molecule has 0 saturated carbocycles. The third-order valence-electron chi connectivity index (χ3n) is 3.85. The zero-order chi connectivity index (χ0) is 21.0. The maximum Gasteiger partial charge on any atom is 0.387 e. The minimum absolute atomic E-state index is 0.000559. The number of carbonyl (C=O) groups excluding carboxylic acids is 1. The van der Waals surface area contributed by atoms with E-state index >= 15 is 0 Å². The lowest BCUT2D eigenvalue weighted by Crippen LogP contribution is -2.19. The molecule has 0 fully saturated rings. The summed E-state index contributed by atoms with van der Waals surface area (Å²) in [6, 6.07) is 7.87. The number of nitrogens with one attached hydrogen (secondary N) is 1. The number of rotatable bonds is 7. The average molecular weight is 403 g/mol. The van der Waals surface area contributed by atoms with E-state index in [0.29, 0.717) is 11.3 Å². The van der Waals surface area contributed by atoms with Crippen LogP contribution in [0.2, 0.25) is 0 Å². The summed E-state index contributed by atoms with van der Waals surface area (Å²) in [5, 5.41) is 15.4. The number of carbonyl (C=O) groups is 2. The second kappa shape index (κ2) is 8.42. The Kier molecular flexibility index (Phi) is 5.77. The highest BCUT2D eigenvalue weighted by Gasteiger charge is 2.17. The van der Waals surface area contributed by atoms with E-state index in [1.54, 1.807) is 18.2 Å². The molecule has 0 radical (unpaired) electrons. The molecule has 0 aliphatic rings. The molecule has 0 spiro atoms. The lowest BCUT2D eigenvalue weighted by molar-refractivity contribution is -0.140. The number of aliphatic carboxylic acids is 1. The number of aromatic nitrogens is 4. The highest BCUT2D eigenvalue weighted by atomic mass is 19.3. The van der Waals surface area contributed by atoms with E-state index in [2.05, 4.69) is 25.1 Å². The number of amides is 1. The lowest BCUT2D eigenvalue weighted by Gasteiger charge is -2.07. The smallest absolute Gasteiger partial charge is 0.387 e. The van der Waals surface area contributed by atoms with Crippen LogP contribution >= 0.6 is 0 Å². The van der Waals surface area contributed by atoms with Gasteiger partial charge in [-0.15, -0.1) is 0 Å². The largest absolute Gasteiger partial charge is 0.480 e. The molecule has 1 atom stereocenters. The molecule has 1 aromatic carbocycles. The van der Waals surface area contributed by atoms with Crippen molar-refractivity contribution >= 4 is 17.8 Å². The van der Waals surface area contributed by atoms with E-state index in [4.69, 9.17) is 5.11 Å². The minimum atomic E-state index is -2.91. The molecular formula is C18H15F2N5O4. The fourth-order valence-corrected chi connectivity index (χ4v) is 2.34. The van der Waals surface area contributed by atoms with Gasteiger partial charge in [-0.2, -0.15) is 13.9 Å². The second-order valence-electron chi connectivity index (χ2n) is 5.82. The van der Waals surface area contributed by atoms with Crippen LogP contribution in [0.4, 0.5) is 14.7 Å². The standard InChI is InChI=1S/C18H15F2N5O4/c1-10(16(27)28)25-9-7-14(24-25)15(26)23-18-21-8-6-13(22-18)11-2-4-12(5-3-11)29-17(19)20/h2-10,17H,1H3,(H,27,28)(H,21,22,23,26). The van der Waals surface area contributed by atoms with Gasteiger partial charge in [0.25, 0.3) is 5.91 Å². The molecule has 1 amide bonds. The third-order valence-corrected chi connectivity index (χ3v) is 3.85.